The molecule has 0 radical (unpaired) electrons. The van der Waals surface area contributed by atoms with Crippen molar-refractivity contribution < 1.29 is 4.79 Å². The van der Waals surface area contributed by atoms with Crippen LogP contribution in [-0.2, 0) is 6.54 Å². The highest BCUT2D eigenvalue weighted by atomic mass is 79.9. The molecule has 1 amide bonds. The number of carbonyl (C=O) groups is 1. The Morgan fingerprint density at radius 1 is 1.30 bits per heavy atom. The van der Waals surface area contributed by atoms with Crippen LogP contribution >= 0.6 is 15.9 Å². The van der Waals surface area contributed by atoms with Gasteiger partial charge in [0.2, 0.25) is 5.91 Å². The Hall–Kier alpha value is -1.95. The monoisotopic (exact) mass is 335 g/mol. The van der Waals surface area contributed by atoms with Crippen molar-refractivity contribution in [2.75, 3.05) is 0 Å². The van der Waals surface area contributed by atoms with Gasteiger partial charge in [0.15, 0.2) is 0 Å². The second-order valence-corrected chi connectivity index (χ2v) is 5.32. The predicted octanol–water partition coefficient (Wildman–Crippen LogP) is 1.77. The van der Waals surface area contributed by atoms with Crippen molar-refractivity contribution in [2.24, 2.45) is 5.73 Å². The van der Waals surface area contributed by atoms with E-state index < -0.39 is 5.91 Å². The van der Waals surface area contributed by atoms with E-state index in [-0.39, 0.29) is 5.69 Å². The summed E-state index contributed by atoms with van der Waals surface area (Å²) in [5.41, 5.74) is 7.74. The number of halogens is 1. The summed E-state index contributed by atoms with van der Waals surface area (Å²) in [7, 11) is 0. The van der Waals surface area contributed by atoms with Gasteiger partial charge in [-0.25, -0.2) is 4.79 Å². The number of hydrogen-bond acceptors (Lipinski definition) is 3. The molecule has 0 bridgehead atoms. The first kappa shape index (κ1) is 14.5. The standard InChI is InChI=1S/C14H14BrN3O2/c1-8-12(15)9(2)18(14(20)17-8)7-10-3-5-11(6-4-10)13(16)19/h3-6H,7H2,1-2H3,(H2,16,19). The molecule has 0 unspecified atom stereocenters. The fraction of sp³-hybridized carbons (Fsp3) is 0.214. The molecule has 2 aromatic rings. The Balaban J connectivity index is 2.38. The lowest BCUT2D eigenvalue weighted by atomic mass is 10.1. The van der Waals surface area contributed by atoms with E-state index in [0.717, 1.165) is 15.7 Å². The van der Waals surface area contributed by atoms with Gasteiger partial charge in [-0.2, -0.15) is 4.98 Å². The van der Waals surface area contributed by atoms with Crippen LogP contribution in [0.3, 0.4) is 0 Å². The summed E-state index contributed by atoms with van der Waals surface area (Å²) in [5.74, 6) is -0.468. The first-order chi connectivity index (χ1) is 9.40. The third-order valence-corrected chi connectivity index (χ3v) is 4.26. The summed E-state index contributed by atoms with van der Waals surface area (Å²) in [6.07, 6.45) is 0. The first-order valence-corrected chi connectivity index (χ1v) is 6.81. The average molecular weight is 336 g/mol. The van der Waals surface area contributed by atoms with Gasteiger partial charge in [-0.15, -0.1) is 0 Å². The van der Waals surface area contributed by atoms with Crippen LogP contribution in [0.1, 0.15) is 27.3 Å². The van der Waals surface area contributed by atoms with Crippen molar-refractivity contribution in [1.29, 1.82) is 0 Å². The molecule has 104 valence electrons. The number of hydrogen-bond donors (Lipinski definition) is 1. The molecule has 0 aliphatic heterocycles. The lowest BCUT2D eigenvalue weighted by Gasteiger charge is -2.12. The summed E-state index contributed by atoms with van der Waals surface area (Å²) in [4.78, 5) is 26.9. The Bertz CT molecular complexity index is 720. The molecule has 2 N–H and O–H groups in total. The van der Waals surface area contributed by atoms with E-state index in [9.17, 15) is 9.59 Å². The van der Waals surface area contributed by atoms with E-state index in [0.29, 0.717) is 17.8 Å². The Morgan fingerprint density at radius 3 is 2.45 bits per heavy atom. The Morgan fingerprint density at radius 2 is 1.90 bits per heavy atom. The summed E-state index contributed by atoms with van der Waals surface area (Å²) in [6, 6.07) is 6.85. The molecule has 1 heterocycles. The third kappa shape index (κ3) is 2.80. The summed E-state index contributed by atoms with van der Waals surface area (Å²) in [5, 5.41) is 0. The van der Waals surface area contributed by atoms with E-state index >= 15 is 0 Å². The van der Waals surface area contributed by atoms with E-state index in [1.165, 1.54) is 0 Å². The molecular weight excluding hydrogens is 322 g/mol. The normalized spacial score (nSPS) is 10.6. The fourth-order valence-electron chi connectivity index (χ4n) is 1.92. The van der Waals surface area contributed by atoms with E-state index in [1.54, 1.807) is 35.8 Å². The van der Waals surface area contributed by atoms with Crippen LogP contribution in [0.25, 0.3) is 0 Å². The maximum atomic E-state index is 11.9. The zero-order chi connectivity index (χ0) is 14.9. The quantitative estimate of drug-likeness (QED) is 0.928. The van der Waals surface area contributed by atoms with Gasteiger partial charge in [-0.1, -0.05) is 12.1 Å². The molecular formula is C14H14BrN3O2. The zero-order valence-electron chi connectivity index (χ0n) is 11.2. The lowest BCUT2D eigenvalue weighted by molar-refractivity contribution is 0.100. The molecule has 1 aromatic carbocycles. The van der Waals surface area contributed by atoms with E-state index in [1.807, 2.05) is 6.92 Å². The summed E-state index contributed by atoms with van der Waals surface area (Å²) in [6.45, 7) is 4.04. The van der Waals surface area contributed by atoms with Crippen LogP contribution in [0.15, 0.2) is 33.5 Å². The highest BCUT2D eigenvalue weighted by Crippen LogP contribution is 2.17. The second kappa shape index (κ2) is 5.58. The number of rotatable bonds is 3. The number of amides is 1. The van der Waals surface area contributed by atoms with Crippen molar-refractivity contribution in [3.63, 3.8) is 0 Å². The lowest BCUT2D eigenvalue weighted by Crippen LogP contribution is -2.27. The summed E-state index contributed by atoms with van der Waals surface area (Å²) >= 11 is 3.42. The van der Waals surface area contributed by atoms with Gasteiger partial charge < -0.3 is 5.73 Å². The topological polar surface area (TPSA) is 78.0 Å². The maximum absolute atomic E-state index is 11.9. The van der Waals surface area contributed by atoms with Gasteiger partial charge in [0.25, 0.3) is 0 Å². The molecule has 0 aliphatic carbocycles. The van der Waals surface area contributed by atoms with Crippen LogP contribution in [0, 0.1) is 13.8 Å². The average Bonchev–Trinajstić information content (AvgIpc) is 2.42. The largest absolute Gasteiger partial charge is 0.366 e. The molecule has 1 aromatic heterocycles. The minimum absolute atomic E-state index is 0.290. The molecule has 2 rings (SSSR count). The van der Waals surface area contributed by atoms with Gasteiger partial charge in [-0.05, 0) is 47.5 Å². The zero-order valence-corrected chi connectivity index (χ0v) is 12.8. The van der Waals surface area contributed by atoms with Gasteiger partial charge in [0.1, 0.15) is 0 Å². The number of benzene rings is 1. The first-order valence-electron chi connectivity index (χ1n) is 6.02. The second-order valence-electron chi connectivity index (χ2n) is 4.53. The van der Waals surface area contributed by atoms with Crippen molar-refractivity contribution in [2.45, 2.75) is 20.4 Å². The molecule has 20 heavy (non-hydrogen) atoms. The van der Waals surface area contributed by atoms with Crippen molar-refractivity contribution in [3.8, 4) is 0 Å². The van der Waals surface area contributed by atoms with Crippen molar-refractivity contribution in [1.82, 2.24) is 9.55 Å². The third-order valence-electron chi connectivity index (χ3n) is 3.11. The van der Waals surface area contributed by atoms with Crippen LogP contribution in [-0.4, -0.2) is 15.5 Å². The SMILES string of the molecule is Cc1nc(=O)n(Cc2ccc(C(N)=O)cc2)c(C)c1Br. The highest BCUT2D eigenvalue weighted by molar-refractivity contribution is 9.10. The molecule has 5 nitrogen and oxygen atoms in total. The van der Waals surface area contributed by atoms with Gasteiger partial charge in [-0.3, -0.25) is 9.36 Å². The van der Waals surface area contributed by atoms with Crippen molar-refractivity contribution >= 4 is 21.8 Å². The van der Waals surface area contributed by atoms with Crippen LogP contribution in [0.4, 0.5) is 0 Å². The number of nitrogens with zero attached hydrogens (tertiary/aromatic N) is 2. The number of aromatic nitrogens is 2. The minimum atomic E-state index is -0.468. The fourth-order valence-corrected chi connectivity index (χ4v) is 2.22. The molecule has 0 fully saturated rings. The van der Waals surface area contributed by atoms with Crippen LogP contribution in [0.5, 0.6) is 0 Å². The number of primary amides is 1. The predicted molar refractivity (Wildman–Crippen MR) is 79.7 cm³/mol. The van der Waals surface area contributed by atoms with Gasteiger partial charge in [0.05, 0.1) is 16.7 Å². The van der Waals surface area contributed by atoms with E-state index in [2.05, 4.69) is 20.9 Å². The van der Waals surface area contributed by atoms with E-state index in [4.69, 9.17) is 5.73 Å². The maximum Gasteiger partial charge on any atom is 0.348 e. The minimum Gasteiger partial charge on any atom is -0.366 e. The molecule has 6 heteroatoms. The molecule has 0 spiro atoms. The molecule has 0 atom stereocenters. The van der Waals surface area contributed by atoms with Crippen molar-refractivity contribution in [3.05, 3.63) is 61.7 Å². The molecule has 0 aliphatic rings. The number of carbonyl (C=O) groups excluding carboxylic acids is 1. The summed E-state index contributed by atoms with van der Waals surface area (Å²) < 4.78 is 2.40. The highest BCUT2D eigenvalue weighted by Gasteiger charge is 2.09. The van der Waals surface area contributed by atoms with Crippen LogP contribution < -0.4 is 11.4 Å². The molecule has 0 saturated heterocycles. The number of nitrogens with two attached hydrogens (primary N) is 1. The van der Waals surface area contributed by atoms with Gasteiger partial charge in [0, 0.05) is 11.3 Å². The smallest absolute Gasteiger partial charge is 0.348 e. The Labute approximate surface area is 124 Å². The Kier molecular flexibility index (Phi) is 4.04. The molecule has 0 saturated carbocycles. The van der Waals surface area contributed by atoms with Crippen LogP contribution in [0.2, 0.25) is 0 Å². The van der Waals surface area contributed by atoms with Gasteiger partial charge >= 0.3 is 5.69 Å². The number of aryl methyl sites for hydroxylation is 1.